The monoisotopic (exact) mass is 198 g/mol. The number of Topliss-reactive ketones (excluding diaryl/α,β-unsaturated/α-hetero) is 1. The largest absolute Gasteiger partial charge is 0.374 e. The van der Waals surface area contributed by atoms with E-state index in [1.54, 1.807) is 0 Å². The topological polar surface area (TPSA) is 26.3 Å². The molecule has 1 rings (SSSR count). The molecule has 0 aromatic heterocycles. The van der Waals surface area contributed by atoms with Gasteiger partial charge in [0.1, 0.15) is 6.61 Å². The molecule has 1 saturated carbocycles. The first-order valence-electron chi connectivity index (χ1n) is 5.92. The highest BCUT2D eigenvalue weighted by Gasteiger charge is 2.15. The summed E-state index contributed by atoms with van der Waals surface area (Å²) in [6.45, 7) is 2.91. The molecule has 1 aliphatic carbocycles. The number of hydrogen-bond donors (Lipinski definition) is 0. The molecule has 0 heterocycles. The first-order chi connectivity index (χ1) is 6.83. The predicted molar refractivity (Wildman–Crippen MR) is 57.3 cm³/mol. The number of rotatable bonds is 5. The molecule has 1 fully saturated rings. The van der Waals surface area contributed by atoms with E-state index in [0.717, 1.165) is 6.42 Å². The van der Waals surface area contributed by atoms with Crippen LogP contribution in [0.2, 0.25) is 0 Å². The standard InChI is InChI=1S/C12H22O2/c1-2-14-10-12(13)9-11-7-5-3-4-6-8-11/h11H,2-10H2,1H3. The third-order valence-electron chi connectivity index (χ3n) is 2.96. The number of carbonyl (C=O) groups excluding carboxylic acids is 1. The summed E-state index contributed by atoms with van der Waals surface area (Å²) in [6, 6.07) is 0. The molecule has 0 aliphatic heterocycles. The van der Waals surface area contributed by atoms with Crippen molar-refractivity contribution < 1.29 is 9.53 Å². The van der Waals surface area contributed by atoms with Gasteiger partial charge in [-0.05, 0) is 12.8 Å². The number of ketones is 1. The maximum Gasteiger partial charge on any atom is 0.158 e. The Morgan fingerprint density at radius 1 is 1.21 bits per heavy atom. The van der Waals surface area contributed by atoms with Crippen LogP contribution >= 0.6 is 0 Å². The van der Waals surface area contributed by atoms with Gasteiger partial charge in [0.2, 0.25) is 0 Å². The highest BCUT2D eigenvalue weighted by molar-refractivity contribution is 5.79. The van der Waals surface area contributed by atoms with Gasteiger partial charge in [0.25, 0.3) is 0 Å². The van der Waals surface area contributed by atoms with Crippen molar-refractivity contribution in [2.75, 3.05) is 13.2 Å². The van der Waals surface area contributed by atoms with Crippen LogP contribution in [0, 0.1) is 5.92 Å². The molecule has 82 valence electrons. The fourth-order valence-electron chi connectivity index (χ4n) is 2.16. The lowest BCUT2D eigenvalue weighted by Gasteiger charge is -2.12. The number of ether oxygens (including phenoxy) is 1. The maximum atomic E-state index is 11.5. The molecule has 2 heteroatoms. The Labute approximate surface area is 87.0 Å². The predicted octanol–water partition coefficient (Wildman–Crippen LogP) is 2.95. The summed E-state index contributed by atoms with van der Waals surface area (Å²) >= 11 is 0. The van der Waals surface area contributed by atoms with Crippen LogP contribution in [0.5, 0.6) is 0 Å². The third kappa shape index (κ3) is 4.75. The van der Waals surface area contributed by atoms with Crippen LogP contribution < -0.4 is 0 Å². The summed E-state index contributed by atoms with van der Waals surface area (Å²) in [6.07, 6.45) is 8.58. The first kappa shape index (κ1) is 11.7. The first-order valence-corrected chi connectivity index (χ1v) is 5.92. The third-order valence-corrected chi connectivity index (χ3v) is 2.96. The van der Waals surface area contributed by atoms with E-state index in [-0.39, 0.29) is 0 Å². The summed E-state index contributed by atoms with van der Waals surface area (Å²) in [5.74, 6) is 0.934. The van der Waals surface area contributed by atoms with Crippen molar-refractivity contribution in [3.63, 3.8) is 0 Å². The van der Waals surface area contributed by atoms with Crippen molar-refractivity contribution in [1.29, 1.82) is 0 Å². The molecule has 2 nitrogen and oxygen atoms in total. The van der Waals surface area contributed by atoms with Gasteiger partial charge in [0, 0.05) is 13.0 Å². The zero-order valence-electron chi connectivity index (χ0n) is 9.26. The zero-order valence-corrected chi connectivity index (χ0v) is 9.26. The summed E-state index contributed by atoms with van der Waals surface area (Å²) in [5.41, 5.74) is 0. The van der Waals surface area contributed by atoms with E-state index in [1.165, 1.54) is 38.5 Å². The van der Waals surface area contributed by atoms with E-state index < -0.39 is 0 Å². The van der Waals surface area contributed by atoms with Crippen LogP contribution in [-0.4, -0.2) is 19.0 Å². The quantitative estimate of drug-likeness (QED) is 0.635. The molecular formula is C12H22O2. The molecule has 0 saturated heterocycles. The lowest BCUT2D eigenvalue weighted by atomic mass is 9.95. The minimum absolute atomic E-state index is 0.291. The number of hydrogen-bond acceptors (Lipinski definition) is 2. The van der Waals surface area contributed by atoms with Crippen LogP contribution in [0.4, 0.5) is 0 Å². The van der Waals surface area contributed by atoms with Gasteiger partial charge in [-0.15, -0.1) is 0 Å². The average molecular weight is 198 g/mol. The summed E-state index contributed by atoms with van der Waals surface area (Å²) < 4.78 is 5.12. The molecule has 0 radical (unpaired) electrons. The van der Waals surface area contributed by atoms with Crippen LogP contribution in [0.1, 0.15) is 51.9 Å². The van der Waals surface area contributed by atoms with Crippen molar-refractivity contribution in [3.05, 3.63) is 0 Å². The van der Waals surface area contributed by atoms with Crippen LogP contribution in [0.3, 0.4) is 0 Å². The fraction of sp³-hybridized carbons (Fsp3) is 0.917. The van der Waals surface area contributed by atoms with Crippen molar-refractivity contribution in [1.82, 2.24) is 0 Å². The molecule has 14 heavy (non-hydrogen) atoms. The Bertz CT molecular complexity index is 158. The van der Waals surface area contributed by atoms with Gasteiger partial charge in [0.05, 0.1) is 0 Å². The average Bonchev–Trinajstić information content (AvgIpc) is 2.43. The van der Waals surface area contributed by atoms with Gasteiger partial charge in [-0.2, -0.15) is 0 Å². The molecular weight excluding hydrogens is 176 g/mol. The maximum absolute atomic E-state index is 11.5. The summed E-state index contributed by atoms with van der Waals surface area (Å²) in [5, 5.41) is 0. The Balaban J connectivity index is 2.17. The molecule has 0 atom stereocenters. The van der Waals surface area contributed by atoms with E-state index in [9.17, 15) is 4.79 Å². The Morgan fingerprint density at radius 3 is 2.43 bits per heavy atom. The molecule has 0 aromatic carbocycles. The summed E-state index contributed by atoms with van der Waals surface area (Å²) in [7, 11) is 0. The van der Waals surface area contributed by atoms with Crippen LogP contribution in [0.15, 0.2) is 0 Å². The molecule has 0 bridgehead atoms. The van der Waals surface area contributed by atoms with Gasteiger partial charge < -0.3 is 4.74 Å². The second-order valence-corrected chi connectivity index (χ2v) is 4.24. The van der Waals surface area contributed by atoms with Crippen molar-refractivity contribution >= 4 is 5.78 Å². The highest BCUT2D eigenvalue weighted by atomic mass is 16.5. The van der Waals surface area contributed by atoms with Gasteiger partial charge in [0.15, 0.2) is 5.78 Å². The van der Waals surface area contributed by atoms with E-state index in [4.69, 9.17) is 4.74 Å². The minimum Gasteiger partial charge on any atom is -0.374 e. The fourth-order valence-corrected chi connectivity index (χ4v) is 2.16. The van der Waals surface area contributed by atoms with Gasteiger partial charge >= 0.3 is 0 Å². The molecule has 0 spiro atoms. The van der Waals surface area contributed by atoms with Gasteiger partial charge in [-0.3, -0.25) is 4.79 Å². The molecule has 0 aromatic rings. The zero-order chi connectivity index (χ0) is 10.2. The molecule has 0 N–H and O–H groups in total. The Kier molecular flexibility index (Phi) is 5.85. The van der Waals surface area contributed by atoms with Crippen LogP contribution in [-0.2, 0) is 9.53 Å². The SMILES string of the molecule is CCOCC(=O)CC1CCCCCC1. The van der Waals surface area contributed by atoms with Crippen molar-refractivity contribution in [3.8, 4) is 0 Å². The second-order valence-electron chi connectivity index (χ2n) is 4.24. The van der Waals surface area contributed by atoms with Crippen molar-refractivity contribution in [2.45, 2.75) is 51.9 Å². The summed E-state index contributed by atoms with van der Waals surface area (Å²) in [4.78, 5) is 11.5. The smallest absolute Gasteiger partial charge is 0.158 e. The minimum atomic E-state index is 0.291. The second kappa shape index (κ2) is 6.99. The van der Waals surface area contributed by atoms with Gasteiger partial charge in [-0.1, -0.05) is 38.5 Å². The molecule has 0 amide bonds. The van der Waals surface area contributed by atoms with E-state index in [2.05, 4.69) is 0 Å². The molecule has 1 aliphatic rings. The Morgan fingerprint density at radius 2 is 1.86 bits per heavy atom. The molecule has 0 unspecified atom stereocenters. The van der Waals surface area contributed by atoms with E-state index >= 15 is 0 Å². The Hall–Kier alpha value is -0.370. The van der Waals surface area contributed by atoms with Crippen LogP contribution in [0.25, 0.3) is 0 Å². The van der Waals surface area contributed by atoms with E-state index in [1.807, 2.05) is 6.92 Å². The van der Waals surface area contributed by atoms with E-state index in [0.29, 0.717) is 24.9 Å². The normalized spacial score (nSPS) is 19.2. The lowest BCUT2D eigenvalue weighted by Crippen LogP contribution is -2.13. The number of carbonyl (C=O) groups is 1. The highest BCUT2D eigenvalue weighted by Crippen LogP contribution is 2.25. The van der Waals surface area contributed by atoms with Crippen molar-refractivity contribution in [2.24, 2.45) is 5.92 Å². The lowest BCUT2D eigenvalue weighted by molar-refractivity contribution is -0.124. The van der Waals surface area contributed by atoms with Gasteiger partial charge in [-0.25, -0.2) is 0 Å².